The molecule has 2 aliphatic rings. The summed E-state index contributed by atoms with van der Waals surface area (Å²) in [6.45, 7) is 8.16. The fourth-order valence-corrected chi connectivity index (χ4v) is 8.41. The van der Waals surface area contributed by atoms with Crippen LogP contribution in [0.4, 0.5) is 9.59 Å². The van der Waals surface area contributed by atoms with E-state index in [0.29, 0.717) is 12.8 Å². The molecule has 0 radical (unpaired) electrons. The second-order valence-corrected chi connectivity index (χ2v) is 17.9. The lowest BCUT2D eigenvalue weighted by Crippen LogP contribution is -2.63. The van der Waals surface area contributed by atoms with Gasteiger partial charge in [0.1, 0.15) is 18.8 Å². The molecule has 3 rings (SSSR count). The largest absolute Gasteiger partial charge is 0.463 e. The molecule has 0 spiro atoms. The van der Waals surface area contributed by atoms with Gasteiger partial charge in [-0.1, -0.05) is 129 Å². The number of aromatic amines is 1. The van der Waals surface area contributed by atoms with Crippen molar-refractivity contribution in [1.82, 2.24) is 20.2 Å². The lowest BCUT2D eigenvalue weighted by atomic mass is 9.98. The summed E-state index contributed by atoms with van der Waals surface area (Å²) in [5, 5.41) is 5.48. The molecule has 1 aromatic rings. The Morgan fingerprint density at radius 1 is 0.529 bits per heavy atom. The third kappa shape index (κ3) is 22.4. The van der Waals surface area contributed by atoms with Crippen molar-refractivity contribution in [2.75, 3.05) is 26.3 Å². The first-order chi connectivity index (χ1) is 33.6. The SMILES string of the molecule is CCCCCCCCCCCCNC(=O)OC1[C@@H](CO[C@@H]2OC(COC(C)=O)[C@H](OC(C)=O)[C@H](OC(C)=O)C2OC(C)=O)O[C@@H](n2ccc(=O)[nH]c2=O)[C@H]1OC(=O)NCCCCCCCCCCCC. The zero-order chi connectivity index (χ0) is 51.3. The fraction of sp³-hybridized carbons (Fsp3) is 0.796. The summed E-state index contributed by atoms with van der Waals surface area (Å²) in [4.78, 5) is 104. The highest BCUT2D eigenvalue weighted by molar-refractivity contribution is 5.69. The minimum atomic E-state index is -1.66. The average Bonchev–Trinajstić information content (AvgIpc) is 3.61. The second-order valence-electron chi connectivity index (χ2n) is 17.9. The van der Waals surface area contributed by atoms with Crippen LogP contribution >= 0.6 is 0 Å². The summed E-state index contributed by atoms with van der Waals surface area (Å²) >= 11 is 0. The monoisotopic (exact) mass is 997 g/mol. The van der Waals surface area contributed by atoms with Crippen LogP contribution in [0.2, 0.25) is 0 Å². The summed E-state index contributed by atoms with van der Waals surface area (Å²) in [6, 6.07) is 1.06. The van der Waals surface area contributed by atoms with Gasteiger partial charge >= 0.3 is 41.8 Å². The number of alkyl carbamates (subject to hydrolysis) is 2. The van der Waals surface area contributed by atoms with Crippen LogP contribution in [0.15, 0.2) is 21.9 Å². The number of aromatic nitrogens is 2. The quantitative estimate of drug-likeness (QED) is 0.0382. The van der Waals surface area contributed by atoms with E-state index in [1.165, 1.54) is 64.2 Å². The molecule has 70 heavy (non-hydrogen) atoms. The molecular formula is C49H80N4O17. The summed E-state index contributed by atoms with van der Waals surface area (Å²) < 4.78 is 53.1. The topological polar surface area (TPSA) is 264 Å². The van der Waals surface area contributed by atoms with Crippen molar-refractivity contribution >= 4 is 36.1 Å². The summed E-state index contributed by atoms with van der Waals surface area (Å²) in [7, 11) is 0. The third-order valence-corrected chi connectivity index (χ3v) is 11.9. The number of hydrogen-bond acceptors (Lipinski definition) is 17. The van der Waals surface area contributed by atoms with E-state index in [4.69, 9.17) is 42.6 Å². The third-order valence-electron chi connectivity index (χ3n) is 11.9. The number of carbonyl (C=O) groups excluding carboxylic acids is 6. The Bertz CT molecular complexity index is 1860. The molecule has 3 heterocycles. The van der Waals surface area contributed by atoms with E-state index < -0.39 is 116 Å². The molecule has 2 saturated heterocycles. The van der Waals surface area contributed by atoms with Crippen molar-refractivity contribution in [1.29, 1.82) is 0 Å². The smallest absolute Gasteiger partial charge is 0.407 e. The minimum absolute atomic E-state index is 0.266. The Hall–Kier alpha value is -5.02. The number of hydrogen-bond donors (Lipinski definition) is 3. The molecule has 0 saturated carbocycles. The molecule has 3 N–H and O–H groups in total. The average molecular weight is 997 g/mol. The van der Waals surface area contributed by atoms with E-state index in [9.17, 15) is 38.4 Å². The van der Waals surface area contributed by atoms with Crippen molar-refractivity contribution in [3.8, 4) is 0 Å². The molecule has 21 nitrogen and oxygen atoms in total. The van der Waals surface area contributed by atoms with Gasteiger partial charge in [-0.3, -0.25) is 33.5 Å². The molecule has 2 aliphatic heterocycles. The first-order valence-corrected chi connectivity index (χ1v) is 25.4. The summed E-state index contributed by atoms with van der Waals surface area (Å²) in [5.41, 5.74) is -1.64. The summed E-state index contributed by atoms with van der Waals surface area (Å²) in [6.07, 6.45) is 7.62. The molecule has 0 aromatic carbocycles. The van der Waals surface area contributed by atoms with Crippen LogP contribution in [0.3, 0.4) is 0 Å². The minimum Gasteiger partial charge on any atom is -0.463 e. The van der Waals surface area contributed by atoms with Crippen LogP contribution in [0.5, 0.6) is 0 Å². The molecule has 2 fully saturated rings. The van der Waals surface area contributed by atoms with Crippen LogP contribution in [0.1, 0.15) is 176 Å². The van der Waals surface area contributed by atoms with Crippen LogP contribution in [0, 0.1) is 0 Å². The predicted octanol–water partition coefficient (Wildman–Crippen LogP) is 6.57. The number of ether oxygens (including phenoxy) is 9. The van der Waals surface area contributed by atoms with Crippen LogP contribution in [0.25, 0.3) is 0 Å². The highest BCUT2D eigenvalue weighted by atomic mass is 16.7. The molecule has 21 heteroatoms. The van der Waals surface area contributed by atoms with Crippen LogP contribution in [-0.2, 0) is 61.8 Å². The predicted molar refractivity (Wildman–Crippen MR) is 253 cm³/mol. The molecule has 398 valence electrons. The van der Waals surface area contributed by atoms with Crippen molar-refractivity contribution in [2.45, 2.75) is 225 Å². The molecule has 0 aliphatic carbocycles. The van der Waals surface area contributed by atoms with E-state index in [-0.39, 0.29) is 13.1 Å². The van der Waals surface area contributed by atoms with E-state index in [0.717, 1.165) is 95.9 Å². The number of rotatable bonds is 33. The number of amides is 2. The Morgan fingerprint density at radius 2 is 0.957 bits per heavy atom. The van der Waals surface area contributed by atoms with Gasteiger partial charge in [0, 0.05) is 53.0 Å². The van der Waals surface area contributed by atoms with Crippen molar-refractivity contribution < 1.29 is 71.4 Å². The highest BCUT2D eigenvalue weighted by Crippen LogP contribution is 2.36. The maximum atomic E-state index is 13.6. The molecule has 3 unspecified atom stereocenters. The highest BCUT2D eigenvalue weighted by Gasteiger charge is 2.55. The first-order valence-electron chi connectivity index (χ1n) is 25.4. The number of carbonyl (C=O) groups is 6. The molecule has 1 aromatic heterocycles. The van der Waals surface area contributed by atoms with Gasteiger partial charge in [-0.2, -0.15) is 0 Å². The van der Waals surface area contributed by atoms with E-state index in [1.807, 2.05) is 0 Å². The van der Waals surface area contributed by atoms with Crippen LogP contribution < -0.4 is 21.9 Å². The van der Waals surface area contributed by atoms with Crippen molar-refractivity contribution in [3.05, 3.63) is 33.1 Å². The zero-order valence-electron chi connectivity index (χ0n) is 42.2. The molecule has 2 amide bonds. The maximum Gasteiger partial charge on any atom is 0.407 e. The number of nitrogens with one attached hydrogen (secondary N) is 3. The zero-order valence-corrected chi connectivity index (χ0v) is 42.2. The normalized spacial score (nSPS) is 22.9. The van der Waals surface area contributed by atoms with Gasteiger partial charge in [0.15, 0.2) is 43.0 Å². The Labute approximate surface area is 411 Å². The first kappa shape index (κ1) is 59.3. The van der Waals surface area contributed by atoms with E-state index in [1.54, 1.807) is 0 Å². The number of esters is 4. The number of unbranched alkanes of at least 4 members (excludes halogenated alkanes) is 18. The lowest BCUT2D eigenvalue weighted by molar-refractivity contribution is -0.312. The Kier molecular flexibility index (Phi) is 28.4. The fourth-order valence-electron chi connectivity index (χ4n) is 8.41. The van der Waals surface area contributed by atoms with Gasteiger partial charge in [-0.25, -0.2) is 14.4 Å². The van der Waals surface area contributed by atoms with Crippen molar-refractivity contribution in [2.24, 2.45) is 0 Å². The lowest BCUT2D eigenvalue weighted by Gasteiger charge is -2.44. The molecular weight excluding hydrogens is 917 g/mol. The second kappa shape index (κ2) is 33.5. The summed E-state index contributed by atoms with van der Waals surface area (Å²) in [5.74, 6) is -3.27. The van der Waals surface area contributed by atoms with Crippen molar-refractivity contribution in [3.63, 3.8) is 0 Å². The maximum absolute atomic E-state index is 13.6. The van der Waals surface area contributed by atoms with E-state index >= 15 is 0 Å². The number of nitrogens with zero attached hydrogens (tertiary/aromatic N) is 1. The standard InChI is InChI=1S/C49H80N4O17/c1-7-9-11-13-15-17-19-21-23-25-28-50-48(60)69-41-37(32-63-46-44(66-36(6)57)42(65-35(5)56)40(64-34(4)55)38(68-46)31-62-33(3)54)67-45(53-30-27-39(58)52-47(53)59)43(41)70-49(61)51-29-26-24-22-20-18-16-14-12-10-8-2/h27,30,37-38,40-46H,7-26,28-29,31-32H2,1-6H3,(H,50,60)(H,51,61)(H,52,58,59)/t37-,38?,40+,41?,42+,43+,44?,45-,46-/m1/s1. The Balaban J connectivity index is 1.88. The van der Waals surface area contributed by atoms with Gasteiger partial charge < -0.3 is 53.3 Å². The van der Waals surface area contributed by atoms with Gasteiger partial charge in [-0.15, -0.1) is 0 Å². The Morgan fingerprint density at radius 3 is 1.43 bits per heavy atom. The van der Waals surface area contributed by atoms with Crippen LogP contribution in [-0.4, -0.2) is 121 Å². The van der Waals surface area contributed by atoms with Gasteiger partial charge in [-0.05, 0) is 12.8 Å². The van der Waals surface area contributed by atoms with Gasteiger partial charge in [0.25, 0.3) is 5.56 Å². The molecule has 0 bridgehead atoms. The van der Waals surface area contributed by atoms with E-state index in [2.05, 4.69) is 29.5 Å². The number of H-pyrrole nitrogens is 1. The van der Waals surface area contributed by atoms with Gasteiger partial charge in [0.05, 0.1) is 6.61 Å². The van der Waals surface area contributed by atoms with Gasteiger partial charge in [0.2, 0.25) is 0 Å². The molecule has 9 atom stereocenters.